The summed E-state index contributed by atoms with van der Waals surface area (Å²) in [6.07, 6.45) is 2.17. The largest absolute Gasteiger partial charge is 0.257 e. The first kappa shape index (κ1) is 30.6. The van der Waals surface area contributed by atoms with Gasteiger partial charge in [0.05, 0.1) is 11.1 Å². The van der Waals surface area contributed by atoms with E-state index in [1.807, 2.05) is 11.3 Å². The zero-order chi connectivity index (χ0) is 34.1. The topological polar surface area (TPSA) is 11.6 Å². The molecule has 2 atom stereocenters. The third-order valence-corrected chi connectivity index (χ3v) is 12.2. The highest BCUT2D eigenvalue weighted by Gasteiger charge is 2.60. The Kier molecular flexibility index (Phi) is 7.08. The number of rotatable bonds is 5. The highest BCUT2D eigenvalue weighted by molar-refractivity contribution is 7.25. The predicted molar refractivity (Wildman–Crippen MR) is 205 cm³/mol. The third kappa shape index (κ3) is 4.45. The van der Waals surface area contributed by atoms with Crippen molar-refractivity contribution < 1.29 is 13.7 Å². The molecule has 0 spiro atoms. The molecule has 1 aliphatic rings. The maximum Gasteiger partial charge on any atom is 0.257 e. The van der Waals surface area contributed by atoms with Crippen LogP contribution in [0, 0.1) is 20.8 Å². The zero-order valence-electron chi connectivity index (χ0n) is 29.2. The Labute approximate surface area is 298 Å². The van der Waals surface area contributed by atoms with E-state index in [1.54, 1.807) is 0 Å². The molecule has 9 rings (SSSR count). The molecule has 0 aliphatic carbocycles. The van der Waals surface area contributed by atoms with Crippen molar-refractivity contribution in [1.29, 1.82) is 0 Å². The van der Waals surface area contributed by atoms with Crippen LogP contribution >= 0.6 is 11.3 Å². The molecule has 1 aliphatic heterocycles. The lowest BCUT2D eigenvalue weighted by Crippen LogP contribution is -2.67. The number of pyridine rings is 3. The SMILES string of the molecule is Cc1ccccc1-c1cccc(C)[n+]1C(C)(c1cc2sc3ccccc3c2cc1-c1cccc[n+]1C)C1c2ccccc2-c2cccc(C)[n+]21. The third-order valence-electron chi connectivity index (χ3n) is 11.0. The molecule has 0 radical (unpaired) electrons. The normalized spacial score (nSPS) is 14.9. The van der Waals surface area contributed by atoms with E-state index in [9.17, 15) is 0 Å². The Morgan fingerprint density at radius 2 is 1.24 bits per heavy atom. The fraction of sp³-hybridized carbons (Fsp3) is 0.152. The Bertz CT molecular complexity index is 2630. The Balaban J connectivity index is 1.50. The van der Waals surface area contributed by atoms with Crippen LogP contribution in [0.5, 0.6) is 0 Å². The van der Waals surface area contributed by atoms with Gasteiger partial charge in [-0.15, -0.1) is 11.3 Å². The van der Waals surface area contributed by atoms with Gasteiger partial charge in [0.1, 0.15) is 7.05 Å². The molecule has 4 aromatic heterocycles. The highest BCUT2D eigenvalue weighted by atomic mass is 32.1. The van der Waals surface area contributed by atoms with Crippen molar-refractivity contribution in [3.63, 3.8) is 0 Å². The van der Waals surface area contributed by atoms with Crippen molar-refractivity contribution in [3.8, 4) is 33.8 Å². The number of thiophene rings is 1. The molecule has 8 aromatic rings. The van der Waals surface area contributed by atoms with E-state index in [0.29, 0.717) is 0 Å². The van der Waals surface area contributed by atoms with E-state index < -0.39 is 5.54 Å². The molecule has 0 fully saturated rings. The van der Waals surface area contributed by atoms with E-state index in [0.717, 1.165) is 0 Å². The first-order valence-electron chi connectivity index (χ1n) is 17.5. The van der Waals surface area contributed by atoms with Crippen LogP contribution in [0.2, 0.25) is 0 Å². The van der Waals surface area contributed by atoms with Crippen molar-refractivity contribution in [3.05, 3.63) is 174 Å². The molecule has 0 saturated carbocycles. The lowest BCUT2D eigenvalue weighted by molar-refractivity contribution is -0.824. The lowest BCUT2D eigenvalue weighted by Gasteiger charge is -2.32. The van der Waals surface area contributed by atoms with Crippen molar-refractivity contribution in [2.75, 3.05) is 0 Å². The Morgan fingerprint density at radius 1 is 0.560 bits per heavy atom. The fourth-order valence-electron chi connectivity index (χ4n) is 8.75. The van der Waals surface area contributed by atoms with Crippen molar-refractivity contribution in [1.82, 2.24) is 0 Å². The maximum absolute atomic E-state index is 2.66. The van der Waals surface area contributed by atoms with Crippen LogP contribution in [0.15, 0.2) is 146 Å². The van der Waals surface area contributed by atoms with Crippen LogP contribution in [-0.4, -0.2) is 0 Å². The van der Waals surface area contributed by atoms with E-state index in [2.05, 4.69) is 194 Å². The summed E-state index contributed by atoms with van der Waals surface area (Å²) in [5, 5.41) is 2.62. The van der Waals surface area contributed by atoms with Crippen LogP contribution in [0.25, 0.3) is 53.9 Å². The molecule has 0 amide bonds. The van der Waals surface area contributed by atoms with Gasteiger partial charge in [-0.05, 0) is 61.0 Å². The molecule has 0 N–H and O–H groups in total. The number of benzene rings is 4. The Hall–Kier alpha value is -5.45. The van der Waals surface area contributed by atoms with Crippen LogP contribution in [-0.2, 0) is 12.6 Å². The quantitative estimate of drug-likeness (QED) is 0.162. The van der Waals surface area contributed by atoms with Gasteiger partial charge in [0, 0.05) is 94.0 Å². The van der Waals surface area contributed by atoms with E-state index in [4.69, 9.17) is 0 Å². The second kappa shape index (κ2) is 11.6. The Morgan fingerprint density at radius 3 is 2.06 bits per heavy atom. The van der Waals surface area contributed by atoms with Crippen LogP contribution in [0.4, 0.5) is 0 Å². The molecule has 4 heteroatoms. The minimum Gasteiger partial charge on any atom is -0.201 e. The van der Waals surface area contributed by atoms with Crippen molar-refractivity contribution in [2.45, 2.75) is 39.3 Å². The summed E-state index contributed by atoms with van der Waals surface area (Å²) >= 11 is 1.90. The number of hydrogen-bond donors (Lipinski definition) is 0. The van der Waals surface area contributed by atoms with Gasteiger partial charge in [0.25, 0.3) is 11.6 Å². The van der Waals surface area contributed by atoms with Crippen LogP contribution in [0.3, 0.4) is 0 Å². The average Bonchev–Trinajstić information content (AvgIpc) is 3.68. The number of aryl methyl sites for hydroxylation is 4. The summed E-state index contributed by atoms with van der Waals surface area (Å²) < 4.78 is 10.2. The lowest BCUT2D eigenvalue weighted by atomic mass is 9.76. The summed E-state index contributed by atoms with van der Waals surface area (Å²) in [7, 11) is 2.17. The second-order valence-electron chi connectivity index (χ2n) is 14.0. The smallest absolute Gasteiger partial charge is 0.201 e. The van der Waals surface area contributed by atoms with Gasteiger partial charge < -0.3 is 0 Å². The number of nitrogens with zero attached hydrogens (tertiary/aromatic N) is 3. The number of aromatic nitrogens is 3. The predicted octanol–water partition coefficient (Wildman–Crippen LogP) is 9.75. The molecule has 0 bridgehead atoms. The number of hydrogen-bond acceptors (Lipinski definition) is 1. The molecule has 242 valence electrons. The summed E-state index contributed by atoms with van der Waals surface area (Å²) in [6.45, 7) is 9.28. The average molecular weight is 667 g/mol. The maximum atomic E-state index is 2.66. The minimum atomic E-state index is -0.594. The molecule has 5 heterocycles. The molecule has 50 heavy (non-hydrogen) atoms. The molecular formula is C46H40N3S+3. The first-order chi connectivity index (χ1) is 24.4. The van der Waals surface area contributed by atoms with Crippen LogP contribution < -0.4 is 13.7 Å². The summed E-state index contributed by atoms with van der Waals surface area (Å²) in [4.78, 5) is 0. The van der Waals surface area contributed by atoms with Gasteiger partial charge in [-0.25, -0.2) is 4.57 Å². The van der Waals surface area contributed by atoms with Crippen molar-refractivity contribution >= 4 is 31.5 Å². The van der Waals surface area contributed by atoms with Crippen molar-refractivity contribution in [2.24, 2.45) is 7.05 Å². The van der Waals surface area contributed by atoms with Gasteiger partial charge in [0.2, 0.25) is 17.1 Å². The van der Waals surface area contributed by atoms with E-state index >= 15 is 0 Å². The monoisotopic (exact) mass is 666 g/mol. The minimum absolute atomic E-state index is 0.0386. The van der Waals surface area contributed by atoms with Gasteiger partial charge in [0.15, 0.2) is 17.6 Å². The zero-order valence-corrected chi connectivity index (χ0v) is 30.0. The standard InChI is InChI=1S/C46H40N3S/c1-30-16-6-7-19-33(30)42-25-15-18-32(3)49(42)46(4,45-36-22-9-8-20-34(36)41-24-14-17-31(2)48(41)45)39-29-44-37(35-21-10-11-26-43(35)50-44)28-38(39)40-23-12-13-27-47(40)5/h6-29,45H,1-5H3/q+3. The second-order valence-corrected chi connectivity index (χ2v) is 15.0. The molecule has 4 aromatic carbocycles. The highest BCUT2D eigenvalue weighted by Crippen LogP contribution is 2.49. The summed E-state index contributed by atoms with van der Waals surface area (Å²) in [6, 6.07) is 51.9. The van der Waals surface area contributed by atoms with Gasteiger partial charge >= 0.3 is 0 Å². The summed E-state index contributed by atoms with van der Waals surface area (Å²) in [5.74, 6) is 0. The van der Waals surface area contributed by atoms with E-state index in [-0.39, 0.29) is 6.04 Å². The molecule has 3 nitrogen and oxygen atoms in total. The molecule has 0 saturated heterocycles. The van der Waals surface area contributed by atoms with Gasteiger partial charge in [-0.3, -0.25) is 0 Å². The van der Waals surface area contributed by atoms with Gasteiger partial charge in [-0.2, -0.15) is 9.13 Å². The molecular weight excluding hydrogens is 627 g/mol. The number of fused-ring (bicyclic) bond motifs is 6. The van der Waals surface area contributed by atoms with Gasteiger partial charge in [-0.1, -0.05) is 54.6 Å². The first-order valence-corrected chi connectivity index (χ1v) is 18.3. The molecule has 2 unspecified atom stereocenters. The fourth-order valence-corrected chi connectivity index (χ4v) is 9.88. The van der Waals surface area contributed by atoms with Crippen LogP contribution in [0.1, 0.15) is 41.0 Å². The van der Waals surface area contributed by atoms with E-state index in [1.165, 1.54) is 82.0 Å². The summed E-state index contributed by atoms with van der Waals surface area (Å²) in [5.41, 5.74) is 13.2.